The molecule has 80 valence electrons. The molecule has 3 nitrogen and oxygen atoms in total. The summed E-state index contributed by atoms with van der Waals surface area (Å²) in [4.78, 5) is 23.2. The third kappa shape index (κ3) is 1.74. The minimum absolute atomic E-state index is 0.141. The van der Waals surface area contributed by atoms with Gasteiger partial charge in [-0.15, -0.1) is 0 Å². The van der Waals surface area contributed by atoms with Gasteiger partial charge in [-0.2, -0.15) is 0 Å². The van der Waals surface area contributed by atoms with Crippen LogP contribution in [0.4, 0.5) is 0 Å². The molecule has 0 bridgehead atoms. The first-order valence-corrected chi connectivity index (χ1v) is 5.23. The predicted molar refractivity (Wildman–Crippen MR) is 55.0 cm³/mol. The lowest BCUT2D eigenvalue weighted by atomic mass is 9.88. The molecule has 1 heterocycles. The van der Waals surface area contributed by atoms with Gasteiger partial charge < -0.3 is 4.74 Å². The molecule has 0 amide bonds. The molecular formula is C12H14O3. The van der Waals surface area contributed by atoms with Crippen molar-refractivity contribution in [1.82, 2.24) is 0 Å². The van der Waals surface area contributed by atoms with Gasteiger partial charge in [-0.25, -0.2) is 4.79 Å². The van der Waals surface area contributed by atoms with Crippen molar-refractivity contribution in [2.45, 2.75) is 39.5 Å². The average molecular weight is 206 g/mol. The highest BCUT2D eigenvalue weighted by atomic mass is 16.5. The zero-order valence-electron chi connectivity index (χ0n) is 9.05. The summed E-state index contributed by atoms with van der Waals surface area (Å²) in [7, 11) is 0. The Morgan fingerprint density at radius 3 is 2.60 bits per heavy atom. The van der Waals surface area contributed by atoms with Crippen LogP contribution in [0.2, 0.25) is 0 Å². The first kappa shape index (κ1) is 10.1. The first-order valence-electron chi connectivity index (χ1n) is 5.23. The highest BCUT2D eigenvalue weighted by Crippen LogP contribution is 2.33. The summed E-state index contributed by atoms with van der Waals surface area (Å²) < 4.78 is 5.20. The van der Waals surface area contributed by atoms with E-state index < -0.39 is 0 Å². The van der Waals surface area contributed by atoms with E-state index in [1.807, 2.05) is 13.8 Å². The van der Waals surface area contributed by atoms with Crippen LogP contribution < -0.4 is 0 Å². The van der Waals surface area contributed by atoms with E-state index in [2.05, 4.69) is 0 Å². The Morgan fingerprint density at radius 2 is 1.93 bits per heavy atom. The molecule has 0 spiro atoms. The number of hydrogen-bond acceptors (Lipinski definition) is 3. The topological polar surface area (TPSA) is 43.4 Å². The monoisotopic (exact) mass is 206 g/mol. The van der Waals surface area contributed by atoms with Crippen LogP contribution in [0.1, 0.15) is 39.5 Å². The summed E-state index contributed by atoms with van der Waals surface area (Å²) in [5.74, 6) is 0.479. The molecule has 3 heteroatoms. The Kier molecular flexibility index (Phi) is 2.47. The van der Waals surface area contributed by atoms with Crippen LogP contribution in [-0.4, -0.2) is 11.8 Å². The third-order valence-electron chi connectivity index (χ3n) is 2.90. The van der Waals surface area contributed by atoms with E-state index >= 15 is 0 Å². The largest absolute Gasteiger partial charge is 0.427 e. The Labute approximate surface area is 88.8 Å². The molecule has 0 fully saturated rings. The number of allylic oxidation sites excluding steroid dienone is 3. The molecule has 2 rings (SSSR count). The Bertz CT molecular complexity index is 395. The standard InChI is InChI=1S/C12H14O3/c1-7(2)8-6-9-10(13)4-3-5-11(9)15-12(8)14/h3-6H2,1-2H3. The predicted octanol–water partition coefficient (Wildman–Crippen LogP) is 2.28. The maximum atomic E-state index is 11.6. The van der Waals surface area contributed by atoms with E-state index in [9.17, 15) is 9.59 Å². The lowest BCUT2D eigenvalue weighted by Crippen LogP contribution is -2.23. The van der Waals surface area contributed by atoms with E-state index in [1.165, 1.54) is 0 Å². The van der Waals surface area contributed by atoms with Crippen molar-refractivity contribution in [3.05, 3.63) is 22.5 Å². The average Bonchev–Trinajstić information content (AvgIpc) is 2.16. The molecule has 0 aromatic carbocycles. The highest BCUT2D eigenvalue weighted by molar-refractivity contribution is 6.02. The number of carbonyl (C=O) groups is 2. The Morgan fingerprint density at radius 1 is 1.20 bits per heavy atom. The van der Waals surface area contributed by atoms with Gasteiger partial charge in [0.25, 0.3) is 0 Å². The fourth-order valence-corrected chi connectivity index (χ4v) is 1.98. The van der Waals surface area contributed by atoms with Gasteiger partial charge in [0, 0.05) is 30.4 Å². The second kappa shape index (κ2) is 3.65. The molecule has 1 aliphatic heterocycles. The van der Waals surface area contributed by atoms with Gasteiger partial charge in [-0.05, 0) is 20.3 Å². The van der Waals surface area contributed by atoms with Crippen molar-refractivity contribution < 1.29 is 14.3 Å². The van der Waals surface area contributed by atoms with Crippen LogP contribution in [-0.2, 0) is 14.3 Å². The van der Waals surface area contributed by atoms with Gasteiger partial charge in [0.15, 0.2) is 5.78 Å². The van der Waals surface area contributed by atoms with Crippen molar-refractivity contribution in [3.63, 3.8) is 0 Å². The summed E-state index contributed by atoms with van der Waals surface area (Å²) in [6, 6.07) is 0. The van der Waals surface area contributed by atoms with Gasteiger partial charge in [0.1, 0.15) is 5.76 Å². The van der Waals surface area contributed by atoms with Crippen LogP contribution in [0, 0.1) is 0 Å². The highest BCUT2D eigenvalue weighted by Gasteiger charge is 2.31. The number of Topliss-reactive ketones (excluding diaryl/α,β-unsaturated/α-hetero) is 1. The molecule has 2 aliphatic rings. The Hall–Kier alpha value is -1.38. The summed E-state index contributed by atoms with van der Waals surface area (Å²) in [5, 5.41) is 0. The number of carbonyl (C=O) groups excluding carboxylic acids is 2. The lowest BCUT2D eigenvalue weighted by molar-refractivity contribution is -0.136. The van der Waals surface area contributed by atoms with Crippen molar-refractivity contribution >= 4 is 11.8 Å². The lowest BCUT2D eigenvalue weighted by Gasteiger charge is -2.25. The van der Waals surface area contributed by atoms with Crippen LogP contribution >= 0.6 is 0 Å². The van der Waals surface area contributed by atoms with Crippen LogP contribution in [0.5, 0.6) is 0 Å². The molecule has 0 N–H and O–H groups in total. The van der Waals surface area contributed by atoms with E-state index in [4.69, 9.17) is 4.74 Å². The minimum Gasteiger partial charge on any atom is -0.427 e. The van der Waals surface area contributed by atoms with Crippen molar-refractivity contribution in [3.8, 4) is 0 Å². The molecule has 0 unspecified atom stereocenters. The SMILES string of the molecule is CC(C)=C1CC2=C(CCCC2=O)OC1=O. The first-order chi connectivity index (χ1) is 7.09. The fourth-order valence-electron chi connectivity index (χ4n) is 1.98. The summed E-state index contributed by atoms with van der Waals surface area (Å²) in [6.07, 6.45) is 2.58. The number of ether oxygens (including phenoxy) is 1. The molecule has 15 heavy (non-hydrogen) atoms. The molecule has 0 saturated heterocycles. The smallest absolute Gasteiger partial charge is 0.339 e. The molecule has 0 aromatic rings. The number of esters is 1. The van der Waals surface area contributed by atoms with E-state index in [0.29, 0.717) is 24.2 Å². The van der Waals surface area contributed by atoms with Gasteiger partial charge in [0.2, 0.25) is 0 Å². The Balaban J connectivity index is 2.40. The van der Waals surface area contributed by atoms with Crippen LogP contribution in [0.15, 0.2) is 22.5 Å². The molecular weight excluding hydrogens is 192 g/mol. The summed E-state index contributed by atoms with van der Waals surface area (Å²) in [6.45, 7) is 3.74. The van der Waals surface area contributed by atoms with Crippen molar-refractivity contribution in [2.24, 2.45) is 0 Å². The van der Waals surface area contributed by atoms with Gasteiger partial charge in [-0.1, -0.05) is 5.57 Å². The van der Waals surface area contributed by atoms with E-state index in [-0.39, 0.29) is 11.8 Å². The second-order valence-corrected chi connectivity index (χ2v) is 4.22. The zero-order valence-corrected chi connectivity index (χ0v) is 9.05. The van der Waals surface area contributed by atoms with Gasteiger partial charge >= 0.3 is 5.97 Å². The summed E-state index contributed by atoms with van der Waals surface area (Å²) >= 11 is 0. The summed E-state index contributed by atoms with van der Waals surface area (Å²) in [5.41, 5.74) is 2.30. The quantitative estimate of drug-likeness (QED) is 0.451. The second-order valence-electron chi connectivity index (χ2n) is 4.22. The normalized spacial score (nSPS) is 21.3. The maximum absolute atomic E-state index is 11.6. The maximum Gasteiger partial charge on any atom is 0.339 e. The zero-order chi connectivity index (χ0) is 11.0. The van der Waals surface area contributed by atoms with Gasteiger partial charge in [-0.3, -0.25) is 4.79 Å². The van der Waals surface area contributed by atoms with E-state index in [1.54, 1.807) is 0 Å². The van der Waals surface area contributed by atoms with E-state index in [0.717, 1.165) is 24.0 Å². The molecule has 0 aromatic heterocycles. The molecule has 0 radical (unpaired) electrons. The number of ketones is 1. The van der Waals surface area contributed by atoms with Gasteiger partial charge in [0.05, 0.1) is 0 Å². The van der Waals surface area contributed by atoms with Crippen molar-refractivity contribution in [1.29, 1.82) is 0 Å². The number of rotatable bonds is 0. The molecule has 0 atom stereocenters. The minimum atomic E-state index is -0.275. The third-order valence-corrected chi connectivity index (χ3v) is 2.90. The molecule has 1 aliphatic carbocycles. The molecule has 0 saturated carbocycles. The van der Waals surface area contributed by atoms with Crippen LogP contribution in [0.3, 0.4) is 0 Å². The van der Waals surface area contributed by atoms with Crippen molar-refractivity contribution in [2.75, 3.05) is 0 Å². The van der Waals surface area contributed by atoms with Crippen LogP contribution in [0.25, 0.3) is 0 Å². The fraction of sp³-hybridized carbons (Fsp3) is 0.500. The number of hydrogen-bond donors (Lipinski definition) is 0.